The van der Waals surface area contributed by atoms with Gasteiger partial charge >= 0.3 is 0 Å². The highest BCUT2D eigenvalue weighted by molar-refractivity contribution is 7.99. The summed E-state index contributed by atoms with van der Waals surface area (Å²) in [5.74, 6) is 0.181. The Balaban J connectivity index is 3.82. The first kappa shape index (κ1) is 14.8. The van der Waals surface area contributed by atoms with E-state index in [0.717, 1.165) is 19.6 Å². The molecule has 4 heteroatoms. The molecular formula is C11H24N2OS. The molecular weight excluding hydrogens is 208 g/mol. The summed E-state index contributed by atoms with van der Waals surface area (Å²) in [4.78, 5) is 11.7. The van der Waals surface area contributed by atoms with Crippen LogP contribution in [0.15, 0.2) is 0 Å². The zero-order valence-electron chi connectivity index (χ0n) is 10.5. The van der Waals surface area contributed by atoms with Crippen molar-refractivity contribution < 1.29 is 4.79 Å². The van der Waals surface area contributed by atoms with Gasteiger partial charge in [-0.15, -0.1) is 0 Å². The summed E-state index contributed by atoms with van der Waals surface area (Å²) in [7, 11) is 0. The van der Waals surface area contributed by atoms with Gasteiger partial charge < -0.3 is 10.6 Å². The highest BCUT2D eigenvalue weighted by atomic mass is 32.2. The summed E-state index contributed by atoms with van der Waals surface area (Å²) in [5.41, 5.74) is 0. The molecule has 90 valence electrons. The number of rotatable bonds is 7. The van der Waals surface area contributed by atoms with Crippen molar-refractivity contribution in [2.45, 2.75) is 32.4 Å². The third kappa shape index (κ3) is 6.79. The van der Waals surface area contributed by atoms with Crippen LogP contribution >= 0.6 is 11.8 Å². The maximum absolute atomic E-state index is 11.7. The van der Waals surface area contributed by atoms with Crippen LogP contribution < -0.4 is 10.6 Å². The van der Waals surface area contributed by atoms with E-state index in [1.54, 1.807) is 11.8 Å². The molecule has 0 aromatic rings. The molecule has 0 aliphatic rings. The zero-order chi connectivity index (χ0) is 11.9. The van der Waals surface area contributed by atoms with Crippen LogP contribution in [0.1, 0.15) is 27.7 Å². The van der Waals surface area contributed by atoms with Crippen molar-refractivity contribution in [1.29, 1.82) is 0 Å². The molecule has 0 saturated heterocycles. The minimum absolute atomic E-state index is 0.0441. The Bertz CT molecular complexity index is 195. The number of thioether (sulfide) groups is 1. The van der Waals surface area contributed by atoms with Gasteiger partial charge in [-0.3, -0.25) is 4.79 Å². The van der Waals surface area contributed by atoms with E-state index in [1.165, 1.54) is 0 Å². The third-order valence-electron chi connectivity index (χ3n) is 2.39. The highest BCUT2D eigenvalue weighted by Gasteiger charge is 2.19. The number of hydrogen-bond acceptors (Lipinski definition) is 3. The summed E-state index contributed by atoms with van der Waals surface area (Å²) >= 11 is 1.77. The van der Waals surface area contributed by atoms with Gasteiger partial charge in [0.15, 0.2) is 0 Å². The SMILES string of the molecule is CCNCC(C)C(=O)NCC(C)(C)SC. The van der Waals surface area contributed by atoms with Crippen molar-refractivity contribution in [3.8, 4) is 0 Å². The number of carbonyl (C=O) groups excluding carboxylic acids is 1. The first-order chi connectivity index (χ1) is 6.93. The van der Waals surface area contributed by atoms with E-state index in [-0.39, 0.29) is 16.6 Å². The molecule has 0 spiro atoms. The average Bonchev–Trinajstić information content (AvgIpc) is 2.22. The summed E-state index contributed by atoms with van der Waals surface area (Å²) < 4.78 is 0.119. The van der Waals surface area contributed by atoms with Crippen LogP contribution in [0.25, 0.3) is 0 Å². The van der Waals surface area contributed by atoms with Crippen molar-refractivity contribution in [1.82, 2.24) is 10.6 Å². The van der Waals surface area contributed by atoms with Crippen LogP contribution in [0.5, 0.6) is 0 Å². The maximum Gasteiger partial charge on any atom is 0.224 e. The lowest BCUT2D eigenvalue weighted by molar-refractivity contribution is -0.124. The number of carbonyl (C=O) groups is 1. The molecule has 2 N–H and O–H groups in total. The predicted molar refractivity (Wildman–Crippen MR) is 68.3 cm³/mol. The second-order valence-electron chi connectivity index (χ2n) is 4.39. The van der Waals surface area contributed by atoms with Crippen molar-refractivity contribution in [3.63, 3.8) is 0 Å². The molecule has 1 atom stereocenters. The highest BCUT2D eigenvalue weighted by Crippen LogP contribution is 2.19. The Morgan fingerprint density at radius 2 is 2.07 bits per heavy atom. The van der Waals surface area contributed by atoms with Crippen molar-refractivity contribution in [2.24, 2.45) is 5.92 Å². The quantitative estimate of drug-likeness (QED) is 0.699. The zero-order valence-corrected chi connectivity index (χ0v) is 11.3. The van der Waals surface area contributed by atoms with Crippen LogP contribution in [0, 0.1) is 5.92 Å². The molecule has 0 rings (SSSR count). The maximum atomic E-state index is 11.7. The van der Waals surface area contributed by atoms with Crippen molar-refractivity contribution in [2.75, 3.05) is 25.9 Å². The number of nitrogens with one attached hydrogen (secondary N) is 2. The van der Waals surface area contributed by atoms with Gasteiger partial charge in [-0.25, -0.2) is 0 Å². The van der Waals surface area contributed by atoms with E-state index in [0.29, 0.717) is 0 Å². The minimum atomic E-state index is 0.0441. The predicted octanol–water partition coefficient (Wildman–Crippen LogP) is 1.49. The van der Waals surface area contributed by atoms with Gasteiger partial charge in [0, 0.05) is 23.8 Å². The summed E-state index contributed by atoms with van der Waals surface area (Å²) in [6.45, 7) is 10.6. The van der Waals surface area contributed by atoms with Crippen LogP contribution in [-0.2, 0) is 4.79 Å². The molecule has 0 aliphatic heterocycles. The summed E-state index contributed by atoms with van der Waals surface area (Å²) in [6, 6.07) is 0. The first-order valence-corrected chi connectivity index (χ1v) is 6.69. The Morgan fingerprint density at radius 3 is 2.53 bits per heavy atom. The lowest BCUT2D eigenvalue weighted by Gasteiger charge is -2.23. The lowest BCUT2D eigenvalue weighted by Crippen LogP contribution is -2.41. The fraction of sp³-hybridized carbons (Fsp3) is 0.909. The molecule has 0 fully saturated rings. The molecule has 0 aromatic carbocycles. The van der Waals surface area contributed by atoms with Crippen LogP contribution in [0.4, 0.5) is 0 Å². The Hall–Kier alpha value is -0.220. The molecule has 3 nitrogen and oxygen atoms in total. The van der Waals surface area contributed by atoms with E-state index in [9.17, 15) is 4.79 Å². The van der Waals surface area contributed by atoms with Gasteiger partial charge in [0.05, 0.1) is 0 Å². The van der Waals surface area contributed by atoms with Gasteiger partial charge in [0.25, 0.3) is 0 Å². The molecule has 0 bridgehead atoms. The third-order valence-corrected chi connectivity index (χ3v) is 3.64. The topological polar surface area (TPSA) is 41.1 Å². The molecule has 0 saturated carbocycles. The Labute approximate surface area is 97.8 Å². The molecule has 0 radical (unpaired) electrons. The largest absolute Gasteiger partial charge is 0.354 e. The van der Waals surface area contributed by atoms with Crippen molar-refractivity contribution in [3.05, 3.63) is 0 Å². The van der Waals surface area contributed by atoms with E-state index in [4.69, 9.17) is 0 Å². The van der Waals surface area contributed by atoms with E-state index >= 15 is 0 Å². The van der Waals surface area contributed by atoms with Gasteiger partial charge in [-0.05, 0) is 26.6 Å². The van der Waals surface area contributed by atoms with E-state index in [2.05, 4.69) is 30.7 Å². The second-order valence-corrected chi connectivity index (χ2v) is 5.90. The van der Waals surface area contributed by atoms with Gasteiger partial charge in [0.1, 0.15) is 0 Å². The first-order valence-electron chi connectivity index (χ1n) is 5.46. The number of amides is 1. The van der Waals surface area contributed by atoms with E-state index in [1.807, 2.05) is 13.8 Å². The molecule has 1 unspecified atom stereocenters. The number of hydrogen-bond donors (Lipinski definition) is 2. The van der Waals surface area contributed by atoms with Crippen LogP contribution in [0.2, 0.25) is 0 Å². The normalized spacial score (nSPS) is 13.7. The fourth-order valence-corrected chi connectivity index (χ4v) is 1.22. The van der Waals surface area contributed by atoms with Crippen LogP contribution in [-0.4, -0.2) is 36.5 Å². The molecule has 15 heavy (non-hydrogen) atoms. The second kappa shape index (κ2) is 7.12. The standard InChI is InChI=1S/C11H24N2OS/c1-6-12-7-9(2)10(14)13-8-11(3,4)15-5/h9,12H,6-8H2,1-5H3,(H,13,14). The molecule has 0 aromatic heterocycles. The molecule has 1 amide bonds. The lowest BCUT2D eigenvalue weighted by atomic mass is 10.1. The monoisotopic (exact) mass is 232 g/mol. The van der Waals surface area contributed by atoms with Gasteiger partial charge in [-0.2, -0.15) is 11.8 Å². The molecule has 0 heterocycles. The van der Waals surface area contributed by atoms with Gasteiger partial charge in [0.2, 0.25) is 5.91 Å². The van der Waals surface area contributed by atoms with Gasteiger partial charge in [-0.1, -0.05) is 13.8 Å². The van der Waals surface area contributed by atoms with Crippen molar-refractivity contribution >= 4 is 17.7 Å². The Kier molecular flexibility index (Phi) is 7.02. The summed E-state index contributed by atoms with van der Waals surface area (Å²) in [6.07, 6.45) is 2.06. The van der Waals surface area contributed by atoms with Crippen LogP contribution in [0.3, 0.4) is 0 Å². The fourth-order valence-electron chi connectivity index (χ4n) is 1.000. The average molecular weight is 232 g/mol. The smallest absolute Gasteiger partial charge is 0.224 e. The molecule has 0 aliphatic carbocycles. The summed E-state index contributed by atoms with van der Waals surface area (Å²) in [5, 5.41) is 6.16. The Morgan fingerprint density at radius 1 is 1.47 bits per heavy atom. The van der Waals surface area contributed by atoms with E-state index < -0.39 is 0 Å². The minimum Gasteiger partial charge on any atom is -0.354 e.